The molecule has 0 radical (unpaired) electrons. The highest BCUT2D eigenvalue weighted by Gasteiger charge is 2.71. The fraction of sp³-hybridized carbons (Fsp3) is 0.950. The molecular formula is C60H100O29. The SMILES string of the molecule is CC(CCC(OC1OC(COC2OC(CO)C(O)C(O)C2O)C(O)C(O)C1OC1OC(CO)C(O)C(O)C1O)C(C)(C)O)C1CCC2(C)C3CC=C4C(CCC(OC5OC(COC6OC(CO)C(O)C(O)C6O)C(O)C(O)C5O)C4(C)C)C3(C)C(=O)CC12C. The number of aliphatic hydroxyl groups is 18. The maximum atomic E-state index is 15.4. The minimum absolute atomic E-state index is 0.00532. The first-order valence-corrected chi connectivity index (χ1v) is 31.4. The Morgan fingerprint density at radius 3 is 1.47 bits per heavy atom. The standard InChI is InChI=1S/C60H100O29/c1-23(9-13-35(57(4,5)79)88-55-50(89-54-49(78)43(72)38(67)29(20-63)84-54)45(74)40(69)31(86-55)22-81-52-47(76)42(71)37(66)28(19-62)83-52)24-15-16-58(6)32-12-10-25-26(60(32,8)33(64)17-59(24,58)7)11-14-34(56(25,2)3)87-53-48(77)44(73)39(68)30(85-53)21-80-51-46(75)41(70)36(65)27(18-61)82-51/h10,23-24,26-32,34-55,61-63,65-79H,9,11-22H2,1-8H3. The van der Waals surface area contributed by atoms with E-state index >= 15 is 4.79 Å². The van der Waals surface area contributed by atoms with E-state index in [2.05, 4.69) is 33.8 Å². The van der Waals surface area contributed by atoms with Crippen molar-refractivity contribution >= 4 is 5.78 Å². The zero-order valence-electron chi connectivity index (χ0n) is 51.7. The fourth-order valence-corrected chi connectivity index (χ4v) is 16.7. The number of aliphatic hydroxyl groups excluding tert-OH is 17. The zero-order chi connectivity index (χ0) is 65.5. The Labute approximate surface area is 516 Å². The molecule has 5 heterocycles. The van der Waals surface area contributed by atoms with E-state index in [1.54, 1.807) is 0 Å². The van der Waals surface area contributed by atoms with E-state index in [9.17, 15) is 91.9 Å². The minimum Gasteiger partial charge on any atom is -0.394 e. The van der Waals surface area contributed by atoms with E-state index in [0.29, 0.717) is 25.7 Å². The van der Waals surface area contributed by atoms with Gasteiger partial charge in [0.25, 0.3) is 0 Å². The van der Waals surface area contributed by atoms with Crippen LogP contribution in [-0.4, -0.2) is 302 Å². The summed E-state index contributed by atoms with van der Waals surface area (Å²) in [6, 6.07) is 0. The summed E-state index contributed by atoms with van der Waals surface area (Å²) in [6.07, 6.45) is -37.4. The first kappa shape index (κ1) is 71.6. The van der Waals surface area contributed by atoms with Crippen LogP contribution < -0.4 is 0 Å². The van der Waals surface area contributed by atoms with Gasteiger partial charge < -0.3 is 139 Å². The molecule has 9 rings (SSSR count). The molecule has 29 nitrogen and oxygen atoms in total. The number of carbonyl (C=O) groups excluding carboxylic acids is 1. The predicted octanol–water partition coefficient (Wildman–Crippen LogP) is -5.20. The zero-order valence-corrected chi connectivity index (χ0v) is 51.7. The molecule has 8 fully saturated rings. The molecule has 514 valence electrons. The number of hydrogen-bond acceptors (Lipinski definition) is 29. The van der Waals surface area contributed by atoms with Crippen LogP contribution in [0.25, 0.3) is 0 Å². The second kappa shape index (κ2) is 27.4. The van der Waals surface area contributed by atoms with Gasteiger partial charge in [-0.25, -0.2) is 0 Å². The van der Waals surface area contributed by atoms with Crippen molar-refractivity contribution in [1.82, 2.24) is 0 Å². The molecule has 18 N–H and O–H groups in total. The normalized spacial score (nSPS) is 51.0. The van der Waals surface area contributed by atoms with Crippen LogP contribution in [0, 0.1) is 45.3 Å². The second-order valence-corrected chi connectivity index (χ2v) is 28.5. The summed E-state index contributed by atoms with van der Waals surface area (Å²) in [5, 5.41) is 192. The molecule has 34 unspecified atom stereocenters. The van der Waals surface area contributed by atoms with E-state index in [-0.39, 0.29) is 47.7 Å². The molecule has 0 spiro atoms. The quantitative estimate of drug-likeness (QED) is 0.0507. The van der Waals surface area contributed by atoms with Gasteiger partial charge >= 0.3 is 0 Å². The molecule has 5 aliphatic heterocycles. The number of ether oxygens (including phenoxy) is 10. The van der Waals surface area contributed by atoms with E-state index in [0.717, 1.165) is 18.4 Å². The Morgan fingerprint density at radius 2 is 0.978 bits per heavy atom. The third kappa shape index (κ3) is 13.0. The average Bonchev–Trinajstić information content (AvgIpc) is 1.66. The lowest BCUT2D eigenvalue weighted by Gasteiger charge is -2.65. The molecule has 0 aromatic carbocycles. The number of hydrogen-bond donors (Lipinski definition) is 18. The van der Waals surface area contributed by atoms with Crippen molar-refractivity contribution in [2.75, 3.05) is 33.0 Å². The average molecular weight is 1290 g/mol. The summed E-state index contributed by atoms with van der Waals surface area (Å²) < 4.78 is 59.2. The van der Waals surface area contributed by atoms with Crippen molar-refractivity contribution in [2.45, 2.75) is 278 Å². The summed E-state index contributed by atoms with van der Waals surface area (Å²) in [6.45, 7) is 12.2. The van der Waals surface area contributed by atoms with Crippen molar-refractivity contribution < 1.29 is 144 Å². The monoisotopic (exact) mass is 1280 g/mol. The van der Waals surface area contributed by atoms with Gasteiger partial charge in [-0.3, -0.25) is 4.79 Å². The highest BCUT2D eigenvalue weighted by Crippen LogP contribution is 2.74. The lowest BCUT2D eigenvalue weighted by molar-refractivity contribution is -0.380. The fourth-order valence-electron chi connectivity index (χ4n) is 16.7. The first-order chi connectivity index (χ1) is 41.6. The van der Waals surface area contributed by atoms with Crippen LogP contribution in [0.3, 0.4) is 0 Å². The molecule has 9 aliphatic rings. The maximum Gasteiger partial charge on any atom is 0.187 e. The Kier molecular flexibility index (Phi) is 22.1. The van der Waals surface area contributed by atoms with E-state index in [1.807, 2.05) is 13.8 Å². The van der Waals surface area contributed by atoms with Crippen LogP contribution in [0.4, 0.5) is 0 Å². The molecule has 5 saturated heterocycles. The molecule has 29 heteroatoms. The summed E-state index contributed by atoms with van der Waals surface area (Å²) in [5.74, 6) is -0.178. The molecular weight excluding hydrogens is 1180 g/mol. The van der Waals surface area contributed by atoms with Gasteiger partial charge in [-0.05, 0) is 93.3 Å². The van der Waals surface area contributed by atoms with Crippen LogP contribution in [0.15, 0.2) is 11.6 Å². The highest BCUT2D eigenvalue weighted by atomic mass is 16.8. The molecule has 0 amide bonds. The number of allylic oxidation sites excluding steroid dienone is 1. The van der Waals surface area contributed by atoms with Crippen LogP contribution in [0.5, 0.6) is 0 Å². The van der Waals surface area contributed by atoms with Crippen molar-refractivity contribution in [3.8, 4) is 0 Å². The van der Waals surface area contributed by atoms with Crippen molar-refractivity contribution in [3.63, 3.8) is 0 Å². The summed E-state index contributed by atoms with van der Waals surface area (Å²) in [5.41, 5.74) is -2.96. The summed E-state index contributed by atoms with van der Waals surface area (Å²) in [7, 11) is 0. The van der Waals surface area contributed by atoms with Crippen LogP contribution in [-0.2, 0) is 52.2 Å². The molecule has 0 aromatic heterocycles. The van der Waals surface area contributed by atoms with Gasteiger partial charge in [0.2, 0.25) is 0 Å². The Bertz CT molecular complexity index is 2390. The van der Waals surface area contributed by atoms with Crippen molar-refractivity contribution in [1.29, 1.82) is 0 Å². The molecule has 0 bridgehead atoms. The summed E-state index contributed by atoms with van der Waals surface area (Å²) in [4.78, 5) is 15.4. The third-order valence-corrected chi connectivity index (χ3v) is 22.6. The molecule has 34 atom stereocenters. The van der Waals surface area contributed by atoms with Gasteiger partial charge in [0.05, 0.1) is 50.8 Å². The van der Waals surface area contributed by atoms with Crippen LogP contribution in [0.1, 0.15) is 107 Å². The smallest absolute Gasteiger partial charge is 0.187 e. The molecule has 3 saturated carbocycles. The second-order valence-electron chi connectivity index (χ2n) is 28.5. The van der Waals surface area contributed by atoms with Crippen LogP contribution in [0.2, 0.25) is 0 Å². The first-order valence-electron chi connectivity index (χ1n) is 31.4. The number of carbonyl (C=O) groups is 1. The number of ketones is 1. The Hall–Kier alpha value is -1.71. The minimum atomic E-state index is -1.97. The van der Waals surface area contributed by atoms with E-state index < -0.39 is 221 Å². The maximum absolute atomic E-state index is 15.4. The molecule has 89 heavy (non-hydrogen) atoms. The largest absolute Gasteiger partial charge is 0.394 e. The van der Waals surface area contributed by atoms with E-state index in [1.165, 1.54) is 13.8 Å². The molecule has 0 aromatic rings. The third-order valence-electron chi connectivity index (χ3n) is 22.6. The summed E-state index contributed by atoms with van der Waals surface area (Å²) >= 11 is 0. The van der Waals surface area contributed by atoms with Gasteiger partial charge in [0.1, 0.15) is 128 Å². The number of rotatable bonds is 20. The number of Topliss-reactive ketones (excluding diaryl/α,β-unsaturated/α-hetero) is 1. The lowest BCUT2D eigenvalue weighted by atomic mass is 9.38. The molecule has 4 aliphatic carbocycles. The van der Waals surface area contributed by atoms with Gasteiger partial charge in [0, 0.05) is 17.3 Å². The van der Waals surface area contributed by atoms with Gasteiger partial charge in [-0.1, -0.05) is 53.2 Å². The van der Waals surface area contributed by atoms with Crippen molar-refractivity contribution in [3.05, 3.63) is 11.6 Å². The van der Waals surface area contributed by atoms with E-state index in [4.69, 9.17) is 47.4 Å². The van der Waals surface area contributed by atoms with Gasteiger partial charge in [-0.15, -0.1) is 0 Å². The lowest BCUT2D eigenvalue weighted by Crippen LogP contribution is -2.65. The van der Waals surface area contributed by atoms with Gasteiger partial charge in [0.15, 0.2) is 31.5 Å². The van der Waals surface area contributed by atoms with Crippen molar-refractivity contribution in [2.24, 2.45) is 45.3 Å². The van der Waals surface area contributed by atoms with Crippen LogP contribution >= 0.6 is 0 Å². The van der Waals surface area contributed by atoms with Gasteiger partial charge in [-0.2, -0.15) is 0 Å². The Morgan fingerprint density at radius 1 is 0.539 bits per heavy atom. The number of fused-ring (bicyclic) bond motifs is 5. The Balaban J connectivity index is 0.884. The highest BCUT2D eigenvalue weighted by molar-refractivity contribution is 5.88. The predicted molar refractivity (Wildman–Crippen MR) is 299 cm³/mol. The topological polar surface area (TPSA) is 474 Å².